The molecule has 0 radical (unpaired) electrons. The van der Waals surface area contributed by atoms with Gasteiger partial charge >= 0.3 is 0 Å². The van der Waals surface area contributed by atoms with Gasteiger partial charge in [0.25, 0.3) is 0 Å². The average molecular weight is 288 g/mol. The van der Waals surface area contributed by atoms with Crippen molar-refractivity contribution in [2.75, 3.05) is 13.2 Å². The molecule has 2 rings (SSSR count). The predicted molar refractivity (Wildman–Crippen MR) is 89.6 cm³/mol. The fourth-order valence-corrected chi connectivity index (χ4v) is 2.85. The number of benzene rings is 1. The van der Waals surface area contributed by atoms with Crippen molar-refractivity contribution in [2.24, 2.45) is 13.0 Å². The number of aryl methyl sites for hydroxylation is 2. The zero-order valence-electron chi connectivity index (χ0n) is 13.9. The van der Waals surface area contributed by atoms with Gasteiger partial charge in [0.05, 0.1) is 6.61 Å². The zero-order chi connectivity index (χ0) is 15.4. The Morgan fingerprint density at radius 1 is 1.24 bits per heavy atom. The van der Waals surface area contributed by atoms with Gasteiger partial charge in [0, 0.05) is 42.8 Å². The Morgan fingerprint density at radius 3 is 2.57 bits per heavy atom. The monoisotopic (exact) mass is 288 g/mol. The summed E-state index contributed by atoms with van der Waals surface area (Å²) in [4.78, 5) is 0. The molecule has 1 aromatic heterocycles. The first-order valence-electron chi connectivity index (χ1n) is 7.90. The third-order valence-corrected chi connectivity index (χ3v) is 4.35. The second-order valence-corrected chi connectivity index (χ2v) is 6.04. The molecule has 0 spiro atoms. The lowest BCUT2D eigenvalue weighted by Gasteiger charge is -2.22. The van der Waals surface area contributed by atoms with E-state index in [0.717, 1.165) is 19.8 Å². The summed E-state index contributed by atoms with van der Waals surface area (Å²) in [5, 5.41) is 5.02. The van der Waals surface area contributed by atoms with Crippen LogP contribution in [0.2, 0.25) is 0 Å². The molecule has 0 fully saturated rings. The summed E-state index contributed by atoms with van der Waals surface area (Å²) < 4.78 is 7.90. The van der Waals surface area contributed by atoms with E-state index in [-0.39, 0.29) is 0 Å². The molecule has 0 amide bonds. The lowest BCUT2D eigenvalue weighted by molar-refractivity contribution is 0.107. The Labute approximate surface area is 128 Å². The van der Waals surface area contributed by atoms with Crippen LogP contribution in [0.15, 0.2) is 24.3 Å². The molecule has 116 valence electrons. The van der Waals surface area contributed by atoms with Gasteiger partial charge in [0.2, 0.25) is 0 Å². The van der Waals surface area contributed by atoms with Gasteiger partial charge in [0.1, 0.15) is 0 Å². The Balaban J connectivity index is 2.15. The van der Waals surface area contributed by atoms with Crippen molar-refractivity contribution in [3.05, 3.63) is 35.5 Å². The topological polar surface area (TPSA) is 26.2 Å². The maximum absolute atomic E-state index is 5.60. The molecule has 3 nitrogen and oxygen atoms in total. The number of nitrogens with one attached hydrogen (secondary N) is 1. The maximum Gasteiger partial charge on any atom is 0.0622 e. The Kier molecular flexibility index (Phi) is 5.43. The van der Waals surface area contributed by atoms with Gasteiger partial charge in [-0.25, -0.2) is 0 Å². The molecule has 3 heteroatoms. The van der Waals surface area contributed by atoms with E-state index in [0.29, 0.717) is 12.0 Å². The largest absolute Gasteiger partial charge is 0.380 e. The van der Waals surface area contributed by atoms with Crippen LogP contribution in [0.5, 0.6) is 0 Å². The van der Waals surface area contributed by atoms with Crippen LogP contribution < -0.4 is 5.32 Å². The van der Waals surface area contributed by atoms with E-state index in [1.54, 1.807) is 0 Å². The Hall–Kier alpha value is -1.32. The Morgan fingerprint density at radius 2 is 1.95 bits per heavy atom. The molecular formula is C18H28N2O. The first-order chi connectivity index (χ1) is 10.1. The van der Waals surface area contributed by atoms with Crippen LogP contribution in [0.4, 0.5) is 0 Å². The van der Waals surface area contributed by atoms with Crippen molar-refractivity contribution >= 4 is 10.9 Å². The first kappa shape index (κ1) is 16.1. The van der Waals surface area contributed by atoms with Crippen molar-refractivity contribution in [1.29, 1.82) is 0 Å². The van der Waals surface area contributed by atoms with E-state index in [9.17, 15) is 0 Å². The number of hydrogen-bond donors (Lipinski definition) is 1. The Bertz CT molecular complexity index is 547. The molecule has 1 unspecified atom stereocenters. The van der Waals surface area contributed by atoms with E-state index < -0.39 is 0 Å². The molecule has 1 atom stereocenters. The minimum atomic E-state index is 0.391. The lowest BCUT2D eigenvalue weighted by atomic mass is 10.1. The van der Waals surface area contributed by atoms with E-state index in [2.05, 4.69) is 62.0 Å². The number of hydrogen-bond acceptors (Lipinski definition) is 2. The van der Waals surface area contributed by atoms with E-state index in [4.69, 9.17) is 4.74 Å². The van der Waals surface area contributed by atoms with Crippen molar-refractivity contribution in [1.82, 2.24) is 9.88 Å². The molecule has 1 N–H and O–H groups in total. The highest BCUT2D eigenvalue weighted by Gasteiger charge is 2.16. The van der Waals surface area contributed by atoms with E-state index in [1.165, 1.54) is 22.2 Å². The zero-order valence-corrected chi connectivity index (χ0v) is 13.9. The molecule has 1 heterocycles. The van der Waals surface area contributed by atoms with Gasteiger partial charge < -0.3 is 14.6 Å². The lowest BCUT2D eigenvalue weighted by Crippen LogP contribution is -2.38. The van der Waals surface area contributed by atoms with E-state index >= 15 is 0 Å². The molecule has 0 aliphatic rings. The highest BCUT2D eigenvalue weighted by atomic mass is 16.5. The molecular weight excluding hydrogens is 260 g/mol. The van der Waals surface area contributed by atoms with Crippen LogP contribution in [0.1, 0.15) is 32.0 Å². The minimum absolute atomic E-state index is 0.391. The fourth-order valence-electron chi connectivity index (χ4n) is 2.85. The third kappa shape index (κ3) is 3.47. The maximum atomic E-state index is 5.60. The fraction of sp³-hybridized carbons (Fsp3) is 0.556. The number of rotatable bonds is 7. The molecule has 0 bridgehead atoms. The molecule has 21 heavy (non-hydrogen) atoms. The summed E-state index contributed by atoms with van der Waals surface area (Å²) in [5.74, 6) is 0.562. The average Bonchev–Trinajstić information content (AvgIpc) is 2.72. The second kappa shape index (κ2) is 7.10. The number of nitrogens with zero attached hydrogens (tertiary/aromatic N) is 1. The molecule has 1 aromatic carbocycles. The second-order valence-electron chi connectivity index (χ2n) is 6.04. The van der Waals surface area contributed by atoms with Crippen molar-refractivity contribution in [2.45, 2.75) is 40.3 Å². The predicted octanol–water partition coefficient (Wildman–Crippen LogP) is 3.64. The smallest absolute Gasteiger partial charge is 0.0622 e. The summed E-state index contributed by atoms with van der Waals surface area (Å²) >= 11 is 0. The number of para-hydroxylation sites is 1. The van der Waals surface area contributed by atoms with Crippen LogP contribution in [0, 0.1) is 12.8 Å². The number of ether oxygens (including phenoxy) is 1. The quantitative estimate of drug-likeness (QED) is 0.842. The highest BCUT2D eigenvalue weighted by Crippen LogP contribution is 2.24. The van der Waals surface area contributed by atoms with Gasteiger partial charge in [-0.3, -0.25) is 0 Å². The van der Waals surface area contributed by atoms with Gasteiger partial charge in [-0.1, -0.05) is 32.0 Å². The first-order valence-corrected chi connectivity index (χ1v) is 7.90. The van der Waals surface area contributed by atoms with Crippen LogP contribution >= 0.6 is 0 Å². The van der Waals surface area contributed by atoms with Crippen molar-refractivity contribution in [3.63, 3.8) is 0 Å². The number of aromatic nitrogens is 1. The van der Waals surface area contributed by atoms with Crippen molar-refractivity contribution in [3.8, 4) is 0 Å². The summed E-state index contributed by atoms with van der Waals surface area (Å²) in [6.07, 6.45) is 0. The summed E-state index contributed by atoms with van der Waals surface area (Å²) in [7, 11) is 2.15. The summed E-state index contributed by atoms with van der Waals surface area (Å²) in [6.45, 7) is 11.2. The molecule has 0 saturated heterocycles. The van der Waals surface area contributed by atoms with Gasteiger partial charge in [0.15, 0.2) is 0 Å². The summed E-state index contributed by atoms with van der Waals surface area (Å²) in [6, 6.07) is 8.99. The number of fused-ring (bicyclic) bond motifs is 1. The van der Waals surface area contributed by atoms with E-state index in [1.807, 2.05) is 6.92 Å². The van der Waals surface area contributed by atoms with Crippen LogP contribution in [-0.4, -0.2) is 23.8 Å². The molecule has 0 aliphatic heterocycles. The minimum Gasteiger partial charge on any atom is -0.380 e. The van der Waals surface area contributed by atoms with Gasteiger partial charge in [-0.05, 0) is 31.4 Å². The highest BCUT2D eigenvalue weighted by molar-refractivity contribution is 5.85. The third-order valence-electron chi connectivity index (χ3n) is 4.35. The molecule has 0 aliphatic carbocycles. The van der Waals surface area contributed by atoms with Crippen molar-refractivity contribution < 1.29 is 4.74 Å². The van der Waals surface area contributed by atoms with Crippen LogP contribution in [0.25, 0.3) is 10.9 Å². The van der Waals surface area contributed by atoms with Gasteiger partial charge in [-0.15, -0.1) is 0 Å². The normalized spacial score (nSPS) is 13.2. The SMILES string of the molecule is CCOCC(NCc1c(C)c2ccccc2n1C)C(C)C. The standard InChI is InChI=1S/C18H28N2O/c1-6-21-12-16(13(2)3)19-11-18-14(4)15-9-7-8-10-17(15)20(18)5/h7-10,13,16,19H,6,11-12H2,1-5H3. The molecule has 0 saturated carbocycles. The molecule has 2 aromatic rings. The summed E-state index contributed by atoms with van der Waals surface area (Å²) in [5.41, 5.74) is 4.04. The van der Waals surface area contributed by atoms with Crippen LogP contribution in [0.3, 0.4) is 0 Å². The van der Waals surface area contributed by atoms with Gasteiger partial charge in [-0.2, -0.15) is 0 Å². The van der Waals surface area contributed by atoms with Crippen LogP contribution in [-0.2, 0) is 18.3 Å².